The van der Waals surface area contributed by atoms with E-state index < -0.39 is 11.8 Å². The number of amides is 2. The standard InChI is InChI=1S/C47H44N6O3/c1-30-19-39(25-48-43(30)34-12-5-3-6-13-34)51-29-56-28-32-21-37(46(54)52-40-20-31(2)44(49-26-40)35-14-7-4-8-15-35)23-38(22-32)47(55)53-41-24-36-18-17-33-11-9-10-16-42(33)45(36)50-27-41/h3-20,24-27,32,37-38,51H,21-23,28-29H2,1-2H3,(H,52,54)(H,53,55). The molecule has 1 fully saturated rings. The van der Waals surface area contributed by atoms with E-state index in [9.17, 15) is 9.59 Å². The third-order valence-corrected chi connectivity index (χ3v) is 10.6. The predicted molar refractivity (Wildman–Crippen MR) is 224 cm³/mol. The summed E-state index contributed by atoms with van der Waals surface area (Å²) in [4.78, 5) is 41.9. The molecule has 0 aliphatic heterocycles. The topological polar surface area (TPSA) is 118 Å². The van der Waals surface area contributed by atoms with Gasteiger partial charge in [-0.25, -0.2) is 0 Å². The quantitative estimate of drug-likeness (QED) is 0.0687. The van der Waals surface area contributed by atoms with Crippen LogP contribution in [0, 0.1) is 31.6 Å². The van der Waals surface area contributed by atoms with E-state index in [2.05, 4.69) is 62.3 Å². The van der Waals surface area contributed by atoms with E-state index in [1.807, 2.05) is 98.9 Å². The summed E-state index contributed by atoms with van der Waals surface area (Å²) in [6.45, 7) is 4.70. The van der Waals surface area contributed by atoms with Gasteiger partial charge in [0, 0.05) is 33.7 Å². The maximum absolute atomic E-state index is 13.9. The van der Waals surface area contributed by atoms with Crippen molar-refractivity contribution in [2.75, 3.05) is 29.3 Å². The number of pyridine rings is 3. The van der Waals surface area contributed by atoms with Crippen LogP contribution < -0.4 is 16.0 Å². The monoisotopic (exact) mass is 740 g/mol. The fraction of sp³-hybridized carbons (Fsp3) is 0.213. The molecule has 280 valence electrons. The first kappa shape index (κ1) is 36.5. The SMILES string of the molecule is Cc1cc(NCOCC2CC(C(=O)Nc3cnc(-c4ccccc4)c(C)c3)CC(C(=O)Nc3cnc4c(ccc5ccccc54)c3)C2)cnc1-c1ccccc1. The number of hydrogen-bond donors (Lipinski definition) is 3. The number of benzene rings is 4. The van der Waals surface area contributed by atoms with E-state index in [1.165, 1.54) is 0 Å². The van der Waals surface area contributed by atoms with Gasteiger partial charge in [-0.05, 0) is 73.7 Å². The van der Waals surface area contributed by atoms with Gasteiger partial charge in [-0.3, -0.25) is 24.5 Å². The van der Waals surface area contributed by atoms with Crippen molar-refractivity contribution in [2.24, 2.45) is 17.8 Å². The van der Waals surface area contributed by atoms with Gasteiger partial charge in [0.15, 0.2) is 0 Å². The summed E-state index contributed by atoms with van der Waals surface area (Å²) in [5, 5.41) is 12.7. The Bertz CT molecular complexity index is 2510. The van der Waals surface area contributed by atoms with E-state index in [4.69, 9.17) is 9.72 Å². The Morgan fingerprint density at radius 1 is 0.607 bits per heavy atom. The van der Waals surface area contributed by atoms with Crippen molar-refractivity contribution < 1.29 is 14.3 Å². The van der Waals surface area contributed by atoms with E-state index >= 15 is 0 Å². The summed E-state index contributed by atoms with van der Waals surface area (Å²) < 4.78 is 6.16. The molecule has 0 saturated heterocycles. The molecule has 56 heavy (non-hydrogen) atoms. The molecule has 1 aliphatic rings. The van der Waals surface area contributed by atoms with Crippen LogP contribution in [0.25, 0.3) is 44.2 Å². The molecule has 4 aromatic carbocycles. The predicted octanol–water partition coefficient (Wildman–Crippen LogP) is 9.82. The van der Waals surface area contributed by atoms with Gasteiger partial charge in [0.2, 0.25) is 11.8 Å². The molecule has 0 radical (unpaired) electrons. The van der Waals surface area contributed by atoms with Gasteiger partial charge in [0.05, 0.1) is 59.2 Å². The number of hydrogen-bond acceptors (Lipinski definition) is 7. The average molecular weight is 741 g/mol. The number of nitrogens with zero attached hydrogens (tertiary/aromatic N) is 3. The zero-order valence-electron chi connectivity index (χ0n) is 31.5. The zero-order valence-corrected chi connectivity index (χ0v) is 31.5. The highest BCUT2D eigenvalue weighted by Gasteiger charge is 2.36. The molecule has 1 aliphatic carbocycles. The molecular formula is C47H44N6O3. The van der Waals surface area contributed by atoms with E-state index in [0.717, 1.165) is 61.0 Å². The maximum atomic E-state index is 13.9. The van der Waals surface area contributed by atoms with Crippen LogP contribution in [0.1, 0.15) is 30.4 Å². The molecule has 3 N–H and O–H groups in total. The molecule has 7 aromatic rings. The van der Waals surface area contributed by atoms with Crippen molar-refractivity contribution in [3.63, 3.8) is 0 Å². The summed E-state index contributed by atoms with van der Waals surface area (Å²) in [5.41, 5.74) is 8.95. The van der Waals surface area contributed by atoms with Crippen molar-refractivity contribution in [3.05, 3.63) is 145 Å². The van der Waals surface area contributed by atoms with E-state index in [0.29, 0.717) is 37.2 Å². The molecule has 1 saturated carbocycles. The molecule has 3 atom stereocenters. The highest BCUT2D eigenvalue weighted by molar-refractivity contribution is 6.06. The Balaban J connectivity index is 0.951. The van der Waals surface area contributed by atoms with Gasteiger partial charge in [0.1, 0.15) is 6.73 Å². The first-order valence-electron chi connectivity index (χ1n) is 19.1. The van der Waals surface area contributed by atoms with E-state index in [1.54, 1.807) is 12.4 Å². The minimum atomic E-state index is -0.397. The van der Waals surface area contributed by atoms with Crippen molar-refractivity contribution in [1.82, 2.24) is 15.0 Å². The van der Waals surface area contributed by atoms with Gasteiger partial charge >= 0.3 is 0 Å². The number of aryl methyl sites for hydroxylation is 2. The second-order valence-corrected chi connectivity index (χ2v) is 14.7. The third-order valence-electron chi connectivity index (χ3n) is 10.6. The van der Waals surface area contributed by atoms with Crippen LogP contribution in [0.2, 0.25) is 0 Å². The molecule has 9 heteroatoms. The lowest BCUT2D eigenvalue weighted by Gasteiger charge is -2.33. The Morgan fingerprint density at radius 3 is 1.79 bits per heavy atom. The molecule has 2 amide bonds. The van der Waals surface area contributed by atoms with Gasteiger partial charge < -0.3 is 20.7 Å². The summed E-state index contributed by atoms with van der Waals surface area (Å²) in [5.74, 6) is -1.06. The second-order valence-electron chi connectivity index (χ2n) is 14.7. The number of rotatable bonds is 11. The number of carbonyl (C=O) groups is 2. The summed E-state index contributed by atoms with van der Waals surface area (Å²) in [7, 11) is 0. The number of fused-ring (bicyclic) bond motifs is 3. The molecule has 8 rings (SSSR count). The lowest BCUT2D eigenvalue weighted by atomic mass is 9.74. The van der Waals surface area contributed by atoms with E-state index in [-0.39, 0.29) is 24.5 Å². The maximum Gasteiger partial charge on any atom is 0.227 e. The minimum Gasteiger partial charge on any atom is -0.361 e. The summed E-state index contributed by atoms with van der Waals surface area (Å²) >= 11 is 0. The largest absolute Gasteiger partial charge is 0.361 e. The summed E-state index contributed by atoms with van der Waals surface area (Å²) in [6.07, 6.45) is 6.84. The van der Waals surface area contributed by atoms with Crippen LogP contribution in [-0.4, -0.2) is 40.1 Å². The Kier molecular flexibility index (Phi) is 10.8. The average Bonchev–Trinajstić information content (AvgIpc) is 3.23. The number of anilines is 3. The van der Waals surface area contributed by atoms with Crippen LogP contribution in [-0.2, 0) is 14.3 Å². The first-order valence-corrected chi connectivity index (χ1v) is 19.1. The van der Waals surface area contributed by atoms with Crippen LogP contribution in [0.3, 0.4) is 0 Å². The first-order chi connectivity index (χ1) is 27.4. The number of carbonyl (C=O) groups excluding carboxylic acids is 2. The van der Waals surface area contributed by atoms with Crippen molar-refractivity contribution in [1.29, 1.82) is 0 Å². The second kappa shape index (κ2) is 16.5. The number of nitrogens with one attached hydrogen (secondary N) is 3. The summed E-state index contributed by atoms with van der Waals surface area (Å²) in [6, 6.07) is 38.3. The smallest absolute Gasteiger partial charge is 0.227 e. The van der Waals surface area contributed by atoms with Gasteiger partial charge in [-0.15, -0.1) is 0 Å². The lowest BCUT2D eigenvalue weighted by molar-refractivity contribution is -0.126. The van der Waals surface area contributed by atoms with Crippen molar-refractivity contribution >= 4 is 50.6 Å². The molecule has 3 heterocycles. The zero-order chi connectivity index (χ0) is 38.4. The van der Waals surface area contributed by atoms with Crippen molar-refractivity contribution in [2.45, 2.75) is 33.1 Å². The number of ether oxygens (including phenoxy) is 1. The molecule has 3 aromatic heterocycles. The van der Waals surface area contributed by atoms with Crippen LogP contribution >= 0.6 is 0 Å². The Labute approximate surface area is 326 Å². The lowest BCUT2D eigenvalue weighted by Crippen LogP contribution is -2.38. The fourth-order valence-corrected chi connectivity index (χ4v) is 7.90. The normalized spacial score (nSPS) is 16.7. The highest BCUT2D eigenvalue weighted by Crippen LogP contribution is 2.36. The van der Waals surface area contributed by atoms with Crippen molar-refractivity contribution in [3.8, 4) is 22.5 Å². The Hall–Kier alpha value is -6.45. The molecular weight excluding hydrogens is 697 g/mol. The molecule has 0 spiro atoms. The van der Waals surface area contributed by atoms with Crippen LogP contribution in [0.5, 0.6) is 0 Å². The Morgan fingerprint density at radius 2 is 1.14 bits per heavy atom. The molecule has 0 bridgehead atoms. The number of aromatic nitrogens is 3. The molecule has 9 nitrogen and oxygen atoms in total. The third kappa shape index (κ3) is 8.28. The van der Waals surface area contributed by atoms with Crippen LogP contribution in [0.15, 0.2) is 134 Å². The highest BCUT2D eigenvalue weighted by atomic mass is 16.5. The van der Waals surface area contributed by atoms with Gasteiger partial charge in [-0.2, -0.15) is 0 Å². The van der Waals surface area contributed by atoms with Gasteiger partial charge in [-0.1, -0.05) is 97.1 Å². The van der Waals surface area contributed by atoms with Crippen LogP contribution in [0.4, 0.5) is 17.1 Å². The van der Waals surface area contributed by atoms with Gasteiger partial charge in [0.25, 0.3) is 0 Å². The minimum absolute atomic E-state index is 0.0150. The molecule has 3 unspecified atom stereocenters. The fourth-order valence-electron chi connectivity index (χ4n) is 7.90.